The summed E-state index contributed by atoms with van der Waals surface area (Å²) in [6.07, 6.45) is 0. The average Bonchev–Trinajstić information content (AvgIpc) is 2.79. The molecule has 3 aromatic carbocycles. The van der Waals surface area contributed by atoms with E-state index >= 15 is 0 Å². The lowest BCUT2D eigenvalue weighted by Crippen LogP contribution is -1.89. The standard InChI is InChI=1S/C13H14S2.C8H10.3C2H6.C2H4/c1-7-4-11(14)5-10-6-12(15)8(2)9(3)13(7)10;1-7-3-5-8(2)6-4-7;4*1-2/h4-6,14-15H,1-3H3;3-6H,1-2H3;3*1-2H3;1-2H2. The lowest BCUT2D eigenvalue weighted by molar-refractivity contribution is 1.25. The van der Waals surface area contributed by atoms with Crippen LogP contribution in [0.1, 0.15) is 69.4 Å². The molecule has 0 saturated carbocycles. The molecule has 0 aliphatic carbocycles. The Morgan fingerprint density at radius 1 is 0.581 bits per heavy atom. The van der Waals surface area contributed by atoms with E-state index in [1.165, 1.54) is 38.6 Å². The third-order valence-corrected chi connectivity index (χ3v) is 4.91. The van der Waals surface area contributed by atoms with Crippen molar-refractivity contribution in [2.24, 2.45) is 0 Å². The second kappa shape index (κ2) is 20.3. The van der Waals surface area contributed by atoms with Crippen LogP contribution in [0.2, 0.25) is 0 Å². The van der Waals surface area contributed by atoms with Gasteiger partial charge in [-0.25, -0.2) is 0 Å². The second-order valence-electron chi connectivity index (χ2n) is 6.16. The van der Waals surface area contributed by atoms with Crippen LogP contribution in [-0.2, 0) is 0 Å². The second-order valence-corrected chi connectivity index (χ2v) is 7.16. The van der Waals surface area contributed by atoms with Crippen LogP contribution in [0, 0.1) is 34.6 Å². The van der Waals surface area contributed by atoms with Crippen LogP contribution in [0.5, 0.6) is 0 Å². The van der Waals surface area contributed by atoms with Crippen molar-refractivity contribution in [2.75, 3.05) is 0 Å². The van der Waals surface area contributed by atoms with Gasteiger partial charge in [-0.2, -0.15) is 0 Å². The Labute approximate surface area is 205 Å². The lowest BCUT2D eigenvalue weighted by Gasteiger charge is -2.12. The number of hydrogen-bond acceptors (Lipinski definition) is 2. The third-order valence-electron chi connectivity index (χ3n) is 4.18. The summed E-state index contributed by atoms with van der Waals surface area (Å²) in [5.74, 6) is 0. The molecule has 0 aromatic heterocycles. The fourth-order valence-corrected chi connectivity index (χ4v) is 3.33. The van der Waals surface area contributed by atoms with E-state index in [9.17, 15) is 0 Å². The zero-order valence-electron chi connectivity index (χ0n) is 21.9. The maximum absolute atomic E-state index is 4.49. The smallest absolute Gasteiger partial charge is 0.00782 e. The molecule has 0 radical (unpaired) electrons. The predicted molar refractivity (Wildman–Crippen MR) is 154 cm³/mol. The van der Waals surface area contributed by atoms with Crippen LogP contribution in [0.15, 0.2) is 65.4 Å². The van der Waals surface area contributed by atoms with Crippen molar-refractivity contribution in [1.29, 1.82) is 0 Å². The summed E-state index contributed by atoms with van der Waals surface area (Å²) in [5, 5.41) is 2.57. The Morgan fingerprint density at radius 3 is 1.35 bits per heavy atom. The fraction of sp³-hybridized carbons (Fsp3) is 0.379. The van der Waals surface area contributed by atoms with Crippen molar-refractivity contribution < 1.29 is 0 Å². The maximum atomic E-state index is 4.49. The third kappa shape index (κ3) is 12.1. The van der Waals surface area contributed by atoms with Gasteiger partial charge in [-0.05, 0) is 80.3 Å². The van der Waals surface area contributed by atoms with Gasteiger partial charge in [0.25, 0.3) is 0 Å². The molecule has 0 saturated heterocycles. The van der Waals surface area contributed by atoms with Crippen LogP contribution in [-0.4, -0.2) is 0 Å². The Balaban J connectivity index is -0.000000416. The minimum absolute atomic E-state index is 1.01. The van der Waals surface area contributed by atoms with Crippen molar-refractivity contribution in [3.05, 3.63) is 83.4 Å². The molecule has 3 rings (SSSR count). The molecule has 0 bridgehead atoms. The molecule has 0 nitrogen and oxygen atoms in total. The summed E-state index contributed by atoms with van der Waals surface area (Å²) in [5.41, 5.74) is 6.53. The van der Waals surface area contributed by atoms with Crippen LogP contribution in [0.25, 0.3) is 10.8 Å². The number of thiol groups is 2. The minimum atomic E-state index is 1.01. The Kier molecular flexibility index (Phi) is 22.2. The number of fused-ring (bicyclic) bond motifs is 1. The van der Waals surface area contributed by atoms with Gasteiger partial charge in [-0.3, -0.25) is 0 Å². The van der Waals surface area contributed by atoms with Gasteiger partial charge in [-0.15, -0.1) is 38.4 Å². The molecule has 3 aromatic rings. The van der Waals surface area contributed by atoms with Gasteiger partial charge < -0.3 is 0 Å². The van der Waals surface area contributed by atoms with Crippen LogP contribution in [0.4, 0.5) is 0 Å². The van der Waals surface area contributed by atoms with Crippen molar-refractivity contribution >= 4 is 36.0 Å². The summed E-state index contributed by atoms with van der Waals surface area (Å²) in [6, 6.07) is 14.8. The first-order valence-corrected chi connectivity index (χ1v) is 12.1. The maximum Gasteiger partial charge on any atom is 0.00782 e. The molecule has 0 aliphatic heterocycles. The fourth-order valence-electron chi connectivity index (χ4n) is 2.69. The molecule has 174 valence electrons. The number of aryl methyl sites for hydroxylation is 4. The molecule has 0 atom stereocenters. The normalized spacial score (nSPS) is 8.42. The molecular formula is C29H46S2. The highest BCUT2D eigenvalue weighted by atomic mass is 32.1. The van der Waals surface area contributed by atoms with Crippen LogP contribution >= 0.6 is 25.3 Å². The number of hydrogen-bond donors (Lipinski definition) is 2. The average molecular weight is 459 g/mol. The molecule has 0 N–H and O–H groups in total. The highest BCUT2D eigenvalue weighted by Gasteiger charge is 2.07. The van der Waals surface area contributed by atoms with Gasteiger partial charge in [0.2, 0.25) is 0 Å². The SMILES string of the molecule is C=C.CC.CC.CC.Cc1c(S)cc2cc(S)cc(C)c2c1C.Cc1ccc(C)cc1. The largest absolute Gasteiger partial charge is 0.143 e. The molecule has 31 heavy (non-hydrogen) atoms. The Hall–Kier alpha value is -1.64. The zero-order valence-corrected chi connectivity index (χ0v) is 23.6. The van der Waals surface area contributed by atoms with Crippen molar-refractivity contribution in [3.8, 4) is 0 Å². The highest BCUT2D eigenvalue weighted by Crippen LogP contribution is 2.31. The van der Waals surface area contributed by atoms with Gasteiger partial charge >= 0.3 is 0 Å². The summed E-state index contributed by atoms with van der Waals surface area (Å²) >= 11 is 8.89. The quantitative estimate of drug-likeness (QED) is 0.243. The van der Waals surface area contributed by atoms with Gasteiger partial charge in [0.05, 0.1) is 0 Å². The first-order chi connectivity index (χ1) is 14.8. The zero-order chi connectivity index (χ0) is 25.1. The summed E-state index contributed by atoms with van der Waals surface area (Å²) < 4.78 is 0. The van der Waals surface area contributed by atoms with Crippen LogP contribution in [0.3, 0.4) is 0 Å². The lowest BCUT2D eigenvalue weighted by atomic mass is 9.97. The van der Waals surface area contributed by atoms with E-state index in [4.69, 9.17) is 0 Å². The predicted octanol–water partition coefficient (Wildman–Crippen LogP) is 10.5. The van der Waals surface area contributed by atoms with Crippen molar-refractivity contribution in [1.82, 2.24) is 0 Å². The Morgan fingerprint density at radius 2 is 0.968 bits per heavy atom. The van der Waals surface area contributed by atoms with Gasteiger partial charge in [0.15, 0.2) is 0 Å². The molecule has 2 heteroatoms. The van der Waals surface area contributed by atoms with E-state index in [0.717, 1.165) is 9.79 Å². The van der Waals surface area contributed by atoms with Gasteiger partial charge in [-0.1, -0.05) is 76.9 Å². The minimum Gasteiger partial charge on any atom is -0.143 e. The highest BCUT2D eigenvalue weighted by molar-refractivity contribution is 7.80. The molecule has 0 heterocycles. The summed E-state index contributed by atoms with van der Waals surface area (Å²) in [6.45, 7) is 28.6. The molecular weight excluding hydrogens is 412 g/mol. The van der Waals surface area contributed by atoms with E-state index in [-0.39, 0.29) is 0 Å². The van der Waals surface area contributed by atoms with E-state index in [0.29, 0.717) is 0 Å². The van der Waals surface area contributed by atoms with E-state index in [1.54, 1.807) is 0 Å². The van der Waals surface area contributed by atoms with E-state index in [2.05, 4.69) is 115 Å². The number of benzene rings is 3. The molecule has 0 amide bonds. The van der Waals surface area contributed by atoms with E-state index in [1.807, 2.05) is 41.5 Å². The molecule has 0 aliphatic rings. The van der Waals surface area contributed by atoms with Crippen molar-refractivity contribution in [3.63, 3.8) is 0 Å². The molecule has 0 unspecified atom stereocenters. The molecule has 0 fully saturated rings. The van der Waals surface area contributed by atoms with Gasteiger partial charge in [0, 0.05) is 9.79 Å². The van der Waals surface area contributed by atoms with Crippen molar-refractivity contribution in [2.45, 2.75) is 86.0 Å². The van der Waals surface area contributed by atoms with Gasteiger partial charge in [0.1, 0.15) is 0 Å². The number of rotatable bonds is 0. The Bertz CT molecular complexity index is 826. The first-order valence-electron chi connectivity index (χ1n) is 11.3. The summed E-state index contributed by atoms with van der Waals surface area (Å²) in [7, 11) is 0. The summed E-state index contributed by atoms with van der Waals surface area (Å²) in [4.78, 5) is 2.06. The first kappa shape index (κ1) is 34.0. The monoisotopic (exact) mass is 458 g/mol. The van der Waals surface area contributed by atoms with Crippen LogP contribution < -0.4 is 0 Å². The molecule has 0 spiro atoms. The van der Waals surface area contributed by atoms with E-state index < -0.39 is 0 Å². The topological polar surface area (TPSA) is 0 Å².